The van der Waals surface area contributed by atoms with Gasteiger partial charge in [0.15, 0.2) is 0 Å². The fourth-order valence-electron chi connectivity index (χ4n) is 2.69. The Hall–Kier alpha value is -2.56. The number of nitrogens with two attached hydrogens (primary N) is 1. The summed E-state index contributed by atoms with van der Waals surface area (Å²) < 4.78 is 5.19. The van der Waals surface area contributed by atoms with E-state index in [1.807, 2.05) is 18.2 Å². The maximum Gasteiger partial charge on any atom is 0.263 e. The van der Waals surface area contributed by atoms with Gasteiger partial charge in [-0.25, -0.2) is 4.98 Å². The van der Waals surface area contributed by atoms with Gasteiger partial charge >= 0.3 is 0 Å². The van der Waals surface area contributed by atoms with Gasteiger partial charge in [-0.3, -0.25) is 4.79 Å². The molecule has 0 aliphatic carbocycles. The van der Waals surface area contributed by atoms with Gasteiger partial charge in [0.2, 0.25) is 5.88 Å². The first-order valence-corrected chi connectivity index (χ1v) is 6.90. The van der Waals surface area contributed by atoms with Crippen LogP contribution in [0.5, 0.6) is 5.88 Å². The quantitative estimate of drug-likeness (QED) is 0.858. The van der Waals surface area contributed by atoms with Crippen molar-refractivity contribution in [1.82, 2.24) is 4.98 Å². The van der Waals surface area contributed by atoms with Crippen molar-refractivity contribution in [2.45, 2.75) is 12.8 Å². The van der Waals surface area contributed by atoms with Crippen molar-refractivity contribution in [2.24, 2.45) is 0 Å². The molecule has 2 aromatic rings. The Bertz CT molecular complexity index is 685. The lowest BCUT2D eigenvalue weighted by atomic mass is 10.00. The lowest BCUT2D eigenvalue weighted by Crippen LogP contribution is -2.35. The monoisotopic (exact) mass is 283 g/mol. The van der Waals surface area contributed by atoms with Gasteiger partial charge in [-0.1, -0.05) is 0 Å². The van der Waals surface area contributed by atoms with Gasteiger partial charge in [-0.2, -0.15) is 0 Å². The zero-order valence-corrected chi connectivity index (χ0v) is 11.9. The fraction of sp³-hybridized carbons (Fsp3) is 0.250. The largest absolute Gasteiger partial charge is 0.480 e. The number of hydrogen-bond acceptors (Lipinski definition) is 4. The number of anilines is 2. The Morgan fingerprint density at radius 3 is 3.05 bits per heavy atom. The molecule has 0 radical (unpaired) electrons. The van der Waals surface area contributed by atoms with Gasteiger partial charge in [0, 0.05) is 24.1 Å². The number of rotatable bonds is 2. The smallest absolute Gasteiger partial charge is 0.263 e. The van der Waals surface area contributed by atoms with E-state index in [9.17, 15) is 4.79 Å². The zero-order valence-electron chi connectivity index (χ0n) is 11.9. The Balaban J connectivity index is 2.00. The maximum absolute atomic E-state index is 12.8. The van der Waals surface area contributed by atoms with E-state index in [1.165, 1.54) is 7.11 Å². The maximum atomic E-state index is 12.8. The summed E-state index contributed by atoms with van der Waals surface area (Å²) in [6.07, 6.45) is 3.47. The van der Waals surface area contributed by atoms with Gasteiger partial charge in [-0.15, -0.1) is 0 Å². The van der Waals surface area contributed by atoms with Crippen LogP contribution in [0.15, 0.2) is 36.5 Å². The Kier molecular flexibility index (Phi) is 3.48. The molecule has 5 nitrogen and oxygen atoms in total. The molecule has 1 aromatic carbocycles. The minimum Gasteiger partial charge on any atom is -0.480 e. The molecule has 1 aromatic heterocycles. The van der Waals surface area contributed by atoms with Crippen LogP contribution in [0.3, 0.4) is 0 Å². The van der Waals surface area contributed by atoms with Gasteiger partial charge in [-0.05, 0) is 48.7 Å². The van der Waals surface area contributed by atoms with Crippen LogP contribution < -0.4 is 15.4 Å². The number of nitrogen functional groups attached to an aromatic ring is 1. The number of benzene rings is 1. The van der Waals surface area contributed by atoms with Crippen molar-refractivity contribution >= 4 is 17.3 Å². The van der Waals surface area contributed by atoms with Crippen LogP contribution in [-0.2, 0) is 6.42 Å². The van der Waals surface area contributed by atoms with Crippen molar-refractivity contribution in [1.29, 1.82) is 0 Å². The Morgan fingerprint density at radius 1 is 1.38 bits per heavy atom. The first kappa shape index (κ1) is 13.4. The third kappa shape index (κ3) is 2.42. The predicted molar refractivity (Wildman–Crippen MR) is 81.6 cm³/mol. The van der Waals surface area contributed by atoms with Crippen LogP contribution in [0.4, 0.5) is 11.4 Å². The van der Waals surface area contributed by atoms with Crippen molar-refractivity contribution in [2.75, 3.05) is 24.3 Å². The van der Waals surface area contributed by atoms with Crippen LogP contribution >= 0.6 is 0 Å². The summed E-state index contributed by atoms with van der Waals surface area (Å²) in [5, 5.41) is 0. The minimum absolute atomic E-state index is 0.0920. The number of aromatic nitrogens is 1. The normalized spacial score (nSPS) is 13.7. The summed E-state index contributed by atoms with van der Waals surface area (Å²) in [5.41, 5.74) is 9.06. The summed E-state index contributed by atoms with van der Waals surface area (Å²) in [6.45, 7) is 0.688. The molecule has 0 fully saturated rings. The molecule has 0 saturated heterocycles. The number of fused-ring (bicyclic) bond motifs is 1. The SMILES string of the molecule is COc1ncccc1C(=O)N1CCCc2cc(N)ccc21. The van der Waals surface area contributed by atoms with Crippen LogP contribution in [0.2, 0.25) is 0 Å². The molecule has 2 heterocycles. The molecule has 0 unspecified atom stereocenters. The molecule has 2 N–H and O–H groups in total. The second-order valence-electron chi connectivity index (χ2n) is 5.01. The predicted octanol–water partition coefficient (Wildman–Crippen LogP) is 2.27. The zero-order chi connectivity index (χ0) is 14.8. The van der Waals surface area contributed by atoms with E-state index in [2.05, 4.69) is 4.98 Å². The third-order valence-electron chi connectivity index (χ3n) is 3.66. The topological polar surface area (TPSA) is 68.5 Å². The molecule has 0 spiro atoms. The number of hydrogen-bond donors (Lipinski definition) is 1. The number of pyridine rings is 1. The van der Waals surface area contributed by atoms with E-state index < -0.39 is 0 Å². The standard InChI is InChI=1S/C16H17N3O2/c1-21-15-13(5-2-8-18-15)16(20)19-9-3-4-11-10-12(17)6-7-14(11)19/h2,5-8,10H,3-4,9,17H2,1H3. The fourth-order valence-corrected chi connectivity index (χ4v) is 2.69. The van der Waals surface area contributed by atoms with Crippen LogP contribution in [0, 0.1) is 0 Å². The Morgan fingerprint density at radius 2 is 2.24 bits per heavy atom. The van der Waals surface area contributed by atoms with Gasteiger partial charge in [0.05, 0.1) is 7.11 Å². The highest BCUT2D eigenvalue weighted by atomic mass is 16.5. The molecule has 5 heteroatoms. The molecule has 1 aliphatic heterocycles. The number of aryl methyl sites for hydroxylation is 1. The average Bonchev–Trinajstić information content (AvgIpc) is 2.53. The molecule has 1 amide bonds. The molecule has 3 rings (SSSR count). The number of carbonyl (C=O) groups excluding carboxylic acids is 1. The highest BCUT2D eigenvalue weighted by molar-refractivity contribution is 6.08. The van der Waals surface area contributed by atoms with E-state index in [1.54, 1.807) is 23.2 Å². The summed E-state index contributed by atoms with van der Waals surface area (Å²) in [7, 11) is 1.52. The molecule has 21 heavy (non-hydrogen) atoms. The molecule has 1 aliphatic rings. The summed E-state index contributed by atoms with van der Waals surface area (Å²) in [5.74, 6) is 0.260. The summed E-state index contributed by atoms with van der Waals surface area (Å²) in [4.78, 5) is 18.7. The van der Waals surface area contributed by atoms with E-state index in [0.29, 0.717) is 18.0 Å². The van der Waals surface area contributed by atoms with Crippen LogP contribution in [-0.4, -0.2) is 24.5 Å². The lowest BCUT2D eigenvalue weighted by molar-refractivity contribution is 0.0981. The number of amides is 1. The number of methoxy groups -OCH3 is 1. The number of nitrogens with zero attached hydrogens (tertiary/aromatic N) is 2. The van der Waals surface area contributed by atoms with E-state index in [-0.39, 0.29) is 5.91 Å². The van der Waals surface area contributed by atoms with Gasteiger partial charge < -0.3 is 15.4 Å². The summed E-state index contributed by atoms with van der Waals surface area (Å²) >= 11 is 0. The first-order valence-electron chi connectivity index (χ1n) is 6.90. The average molecular weight is 283 g/mol. The van der Waals surface area contributed by atoms with Crippen molar-refractivity contribution in [3.8, 4) is 5.88 Å². The van der Waals surface area contributed by atoms with Crippen molar-refractivity contribution in [3.05, 3.63) is 47.7 Å². The summed E-state index contributed by atoms with van der Waals surface area (Å²) in [6, 6.07) is 9.15. The van der Waals surface area contributed by atoms with Gasteiger partial charge in [0.25, 0.3) is 5.91 Å². The molecule has 0 atom stereocenters. The van der Waals surface area contributed by atoms with Crippen LogP contribution in [0.1, 0.15) is 22.3 Å². The third-order valence-corrected chi connectivity index (χ3v) is 3.66. The van der Waals surface area contributed by atoms with Crippen LogP contribution in [0.25, 0.3) is 0 Å². The van der Waals surface area contributed by atoms with E-state index in [4.69, 9.17) is 10.5 Å². The highest BCUT2D eigenvalue weighted by Gasteiger charge is 2.26. The van der Waals surface area contributed by atoms with Crippen molar-refractivity contribution in [3.63, 3.8) is 0 Å². The number of ether oxygens (including phenoxy) is 1. The van der Waals surface area contributed by atoms with Crippen molar-refractivity contribution < 1.29 is 9.53 Å². The molecule has 0 bridgehead atoms. The van der Waals surface area contributed by atoms with E-state index in [0.717, 1.165) is 29.8 Å². The lowest BCUT2D eigenvalue weighted by Gasteiger charge is -2.30. The second kappa shape index (κ2) is 5.44. The first-order chi connectivity index (χ1) is 10.2. The Labute approximate surface area is 123 Å². The molecular formula is C16H17N3O2. The molecular weight excluding hydrogens is 266 g/mol. The molecule has 0 saturated carbocycles. The number of carbonyl (C=O) groups is 1. The highest BCUT2D eigenvalue weighted by Crippen LogP contribution is 2.31. The molecule has 108 valence electrons. The second-order valence-corrected chi connectivity index (χ2v) is 5.01. The van der Waals surface area contributed by atoms with E-state index >= 15 is 0 Å². The van der Waals surface area contributed by atoms with Gasteiger partial charge in [0.1, 0.15) is 5.56 Å². The minimum atomic E-state index is -0.0920.